The van der Waals surface area contributed by atoms with Gasteiger partial charge in [0.2, 0.25) is 0 Å². The molecule has 0 atom stereocenters. The Labute approximate surface area is 190 Å². The van der Waals surface area contributed by atoms with Gasteiger partial charge in [-0.25, -0.2) is 19.3 Å². The molecule has 0 aliphatic heterocycles. The first-order valence-electron chi connectivity index (χ1n) is 10.9. The molecule has 0 spiro atoms. The van der Waals surface area contributed by atoms with Crippen molar-refractivity contribution in [3.8, 4) is 28.6 Å². The van der Waals surface area contributed by atoms with Crippen LogP contribution >= 0.6 is 0 Å². The van der Waals surface area contributed by atoms with Gasteiger partial charge in [-0.15, -0.1) is 0 Å². The second-order valence-electron chi connectivity index (χ2n) is 8.42. The number of halogens is 1. The van der Waals surface area contributed by atoms with Crippen molar-refractivity contribution in [2.45, 2.75) is 24.8 Å². The number of hydrogen-bond donors (Lipinski definition) is 1. The number of aromatic nitrogens is 5. The molecule has 6 nitrogen and oxygen atoms in total. The minimum Gasteiger partial charge on any atom is -0.321 e. The van der Waals surface area contributed by atoms with E-state index in [1.807, 2.05) is 34.9 Å². The molecule has 0 saturated heterocycles. The first-order valence-corrected chi connectivity index (χ1v) is 10.9. The molecule has 1 aliphatic carbocycles. The SMILES string of the molecule is NC1(c2ccc(-n3c(-c4ccccn4)nc4cnc(-c5ccccc5F)nc43)cc2)CCC1. The lowest BCUT2D eigenvalue weighted by Crippen LogP contribution is -2.43. The van der Waals surface area contributed by atoms with Crippen LogP contribution in [0.1, 0.15) is 24.8 Å². The Balaban J connectivity index is 1.56. The zero-order valence-electron chi connectivity index (χ0n) is 17.8. The molecule has 1 aliphatic rings. The predicted molar refractivity (Wildman–Crippen MR) is 125 cm³/mol. The number of fused-ring (bicyclic) bond motifs is 1. The molecule has 2 aromatic carbocycles. The minimum atomic E-state index is -0.369. The molecule has 5 aromatic rings. The average Bonchev–Trinajstić information content (AvgIpc) is 3.22. The number of pyridine rings is 1. The van der Waals surface area contributed by atoms with Crippen molar-refractivity contribution >= 4 is 11.2 Å². The van der Waals surface area contributed by atoms with Crippen LogP contribution in [0.25, 0.3) is 39.8 Å². The highest BCUT2D eigenvalue weighted by Crippen LogP contribution is 2.39. The third-order valence-corrected chi connectivity index (χ3v) is 6.35. The van der Waals surface area contributed by atoms with E-state index < -0.39 is 0 Å². The number of imidazole rings is 1. The molecule has 6 rings (SSSR count). The zero-order valence-corrected chi connectivity index (χ0v) is 17.8. The third-order valence-electron chi connectivity index (χ3n) is 6.35. The number of rotatable bonds is 4. The Bertz CT molecular complexity index is 1460. The highest BCUT2D eigenvalue weighted by molar-refractivity contribution is 5.80. The lowest BCUT2D eigenvalue weighted by molar-refractivity contribution is 0.253. The summed E-state index contributed by atoms with van der Waals surface area (Å²) in [7, 11) is 0. The summed E-state index contributed by atoms with van der Waals surface area (Å²) in [6.07, 6.45) is 6.51. The smallest absolute Gasteiger partial charge is 0.169 e. The van der Waals surface area contributed by atoms with Crippen molar-refractivity contribution in [2.75, 3.05) is 0 Å². The second-order valence-corrected chi connectivity index (χ2v) is 8.42. The maximum Gasteiger partial charge on any atom is 0.169 e. The van der Waals surface area contributed by atoms with E-state index in [0.717, 1.165) is 30.5 Å². The molecule has 1 fully saturated rings. The highest BCUT2D eigenvalue weighted by Gasteiger charge is 2.34. The summed E-state index contributed by atoms with van der Waals surface area (Å²) in [5, 5.41) is 0. The van der Waals surface area contributed by atoms with Gasteiger partial charge < -0.3 is 5.73 Å². The molecule has 7 heteroatoms. The normalized spacial score (nSPS) is 14.8. The van der Waals surface area contributed by atoms with Gasteiger partial charge in [0.15, 0.2) is 17.3 Å². The van der Waals surface area contributed by atoms with Crippen LogP contribution in [0.5, 0.6) is 0 Å². The Kier molecular flexibility index (Phi) is 4.52. The minimum absolute atomic E-state index is 0.237. The van der Waals surface area contributed by atoms with Crippen LogP contribution in [0, 0.1) is 5.82 Å². The fraction of sp³-hybridized carbons (Fsp3) is 0.154. The molecule has 0 bridgehead atoms. The quantitative estimate of drug-likeness (QED) is 0.428. The lowest BCUT2D eigenvalue weighted by Gasteiger charge is -2.38. The van der Waals surface area contributed by atoms with Gasteiger partial charge in [0.25, 0.3) is 0 Å². The van der Waals surface area contributed by atoms with Gasteiger partial charge in [-0.2, -0.15) is 0 Å². The van der Waals surface area contributed by atoms with Gasteiger partial charge in [0, 0.05) is 17.4 Å². The standard InChI is InChI=1S/C26H21FN6/c27-20-7-2-1-6-19(20)23-30-16-22-25(32-23)33(24(31-22)21-8-3-4-15-29-21)18-11-9-17(10-12-18)26(28)13-5-14-26/h1-4,6-12,15-16H,5,13-14,28H2. The fourth-order valence-corrected chi connectivity index (χ4v) is 4.35. The van der Waals surface area contributed by atoms with Crippen molar-refractivity contribution in [1.29, 1.82) is 0 Å². The fourth-order valence-electron chi connectivity index (χ4n) is 4.35. The van der Waals surface area contributed by atoms with Gasteiger partial charge in [0.1, 0.15) is 17.0 Å². The van der Waals surface area contributed by atoms with E-state index in [-0.39, 0.29) is 11.4 Å². The van der Waals surface area contributed by atoms with E-state index in [9.17, 15) is 4.39 Å². The highest BCUT2D eigenvalue weighted by atomic mass is 19.1. The van der Waals surface area contributed by atoms with E-state index in [0.29, 0.717) is 34.1 Å². The molecule has 0 radical (unpaired) electrons. The van der Waals surface area contributed by atoms with Gasteiger partial charge in [0.05, 0.1) is 11.8 Å². The molecule has 1 saturated carbocycles. The van der Waals surface area contributed by atoms with Crippen molar-refractivity contribution in [3.05, 3.63) is 90.5 Å². The van der Waals surface area contributed by atoms with Crippen LogP contribution in [0.15, 0.2) is 79.1 Å². The van der Waals surface area contributed by atoms with Crippen LogP contribution in [0.4, 0.5) is 4.39 Å². The maximum atomic E-state index is 14.4. The van der Waals surface area contributed by atoms with Crippen LogP contribution < -0.4 is 5.73 Å². The van der Waals surface area contributed by atoms with Crippen molar-refractivity contribution in [3.63, 3.8) is 0 Å². The number of nitrogens with zero attached hydrogens (tertiary/aromatic N) is 5. The summed E-state index contributed by atoms with van der Waals surface area (Å²) in [4.78, 5) is 18.4. The van der Waals surface area contributed by atoms with Gasteiger partial charge in [-0.1, -0.05) is 30.3 Å². The summed E-state index contributed by atoms with van der Waals surface area (Å²) in [5.74, 6) is 0.580. The monoisotopic (exact) mass is 436 g/mol. The predicted octanol–water partition coefficient (Wildman–Crippen LogP) is 5.02. The number of nitrogens with two attached hydrogens (primary N) is 1. The Morgan fingerprint density at radius 3 is 2.36 bits per heavy atom. The second kappa shape index (κ2) is 7.56. The molecule has 0 amide bonds. The Morgan fingerprint density at radius 1 is 0.879 bits per heavy atom. The van der Waals surface area contributed by atoms with E-state index in [4.69, 9.17) is 15.7 Å². The van der Waals surface area contributed by atoms with E-state index in [2.05, 4.69) is 22.1 Å². The molecule has 0 unspecified atom stereocenters. The third kappa shape index (κ3) is 3.29. The summed E-state index contributed by atoms with van der Waals surface area (Å²) >= 11 is 0. The first kappa shape index (κ1) is 19.7. The Hall–Kier alpha value is -3.97. The topological polar surface area (TPSA) is 82.5 Å². The summed E-state index contributed by atoms with van der Waals surface area (Å²) in [5.41, 5.74) is 10.5. The maximum absolute atomic E-state index is 14.4. The first-order chi connectivity index (χ1) is 16.1. The molecule has 3 aromatic heterocycles. The lowest BCUT2D eigenvalue weighted by atomic mass is 9.73. The largest absolute Gasteiger partial charge is 0.321 e. The van der Waals surface area contributed by atoms with Crippen LogP contribution in [0.2, 0.25) is 0 Å². The molecule has 33 heavy (non-hydrogen) atoms. The van der Waals surface area contributed by atoms with Crippen LogP contribution in [0.3, 0.4) is 0 Å². The summed E-state index contributed by atoms with van der Waals surface area (Å²) in [6, 6.07) is 20.4. The molecule has 3 heterocycles. The van der Waals surface area contributed by atoms with E-state index >= 15 is 0 Å². The van der Waals surface area contributed by atoms with E-state index in [1.165, 1.54) is 6.07 Å². The summed E-state index contributed by atoms with van der Waals surface area (Å²) < 4.78 is 16.4. The number of benzene rings is 2. The van der Waals surface area contributed by atoms with Gasteiger partial charge in [-0.05, 0) is 61.2 Å². The molecule has 162 valence electrons. The summed E-state index contributed by atoms with van der Waals surface area (Å²) in [6.45, 7) is 0. The van der Waals surface area contributed by atoms with Crippen molar-refractivity contribution in [2.24, 2.45) is 5.73 Å². The van der Waals surface area contributed by atoms with Gasteiger partial charge >= 0.3 is 0 Å². The average molecular weight is 436 g/mol. The van der Waals surface area contributed by atoms with Crippen molar-refractivity contribution in [1.82, 2.24) is 24.5 Å². The van der Waals surface area contributed by atoms with Crippen LogP contribution in [-0.2, 0) is 5.54 Å². The molecular weight excluding hydrogens is 415 g/mol. The molecular formula is C26H21FN6. The number of hydrogen-bond acceptors (Lipinski definition) is 5. The zero-order chi connectivity index (χ0) is 22.4. The van der Waals surface area contributed by atoms with Crippen molar-refractivity contribution < 1.29 is 4.39 Å². The Morgan fingerprint density at radius 2 is 1.67 bits per heavy atom. The molecule has 2 N–H and O–H groups in total. The van der Waals surface area contributed by atoms with Gasteiger partial charge in [-0.3, -0.25) is 9.55 Å². The van der Waals surface area contributed by atoms with Crippen LogP contribution in [-0.4, -0.2) is 24.5 Å². The van der Waals surface area contributed by atoms with E-state index in [1.54, 1.807) is 30.6 Å².